The molecule has 1 unspecified atom stereocenters. The third-order valence-corrected chi connectivity index (χ3v) is 8.59. The molecule has 0 spiro atoms. The minimum Gasteiger partial charge on any atom is -0.497 e. The van der Waals surface area contributed by atoms with Crippen LogP contribution in [0.3, 0.4) is 0 Å². The highest BCUT2D eigenvalue weighted by Crippen LogP contribution is 2.49. The molecule has 1 atom stereocenters. The molecule has 0 aromatic heterocycles. The quantitative estimate of drug-likeness (QED) is 0.418. The topological polar surface area (TPSA) is 66.4 Å². The van der Waals surface area contributed by atoms with Crippen molar-refractivity contribution in [3.8, 4) is 11.5 Å². The average Bonchev–Trinajstić information content (AvgIpc) is 3.61. The fourth-order valence-corrected chi connectivity index (χ4v) is 6.44. The van der Waals surface area contributed by atoms with Crippen molar-refractivity contribution in [2.75, 3.05) is 37.2 Å². The predicted molar refractivity (Wildman–Crippen MR) is 156 cm³/mol. The zero-order chi connectivity index (χ0) is 29.6. The number of nitrogens with one attached hydrogen (secondary N) is 1. The van der Waals surface area contributed by atoms with E-state index in [-0.39, 0.29) is 17.6 Å². The number of alkyl halides is 3. The molecule has 0 bridgehead atoms. The first kappa shape index (κ1) is 28.2. The maximum atomic E-state index is 14.6. The summed E-state index contributed by atoms with van der Waals surface area (Å²) in [4.78, 5) is 13.6. The third kappa shape index (κ3) is 5.23. The van der Waals surface area contributed by atoms with Gasteiger partial charge >= 0.3 is 6.18 Å². The highest BCUT2D eigenvalue weighted by atomic mass is 19.4. The van der Waals surface area contributed by atoms with Gasteiger partial charge in [0.1, 0.15) is 11.5 Å². The maximum absolute atomic E-state index is 14.6. The van der Waals surface area contributed by atoms with Gasteiger partial charge in [-0.1, -0.05) is 0 Å². The fraction of sp³-hybridized carbons (Fsp3) is 0.438. The van der Waals surface area contributed by atoms with Crippen LogP contribution in [-0.4, -0.2) is 45.0 Å². The molecule has 1 saturated heterocycles. The summed E-state index contributed by atoms with van der Waals surface area (Å²) in [5.74, 6) is 1.06. The molecule has 2 heterocycles. The van der Waals surface area contributed by atoms with Gasteiger partial charge in [0, 0.05) is 43.4 Å². The van der Waals surface area contributed by atoms with Gasteiger partial charge in [0.25, 0.3) is 0 Å². The number of nitrogens with zero attached hydrogens (tertiary/aromatic N) is 3. The van der Waals surface area contributed by atoms with Gasteiger partial charge in [-0.3, -0.25) is 4.79 Å². The molecule has 1 saturated carbocycles. The molecule has 2 aromatic rings. The third-order valence-electron chi connectivity index (χ3n) is 8.59. The smallest absolute Gasteiger partial charge is 0.418 e. The van der Waals surface area contributed by atoms with Crippen molar-refractivity contribution in [2.24, 2.45) is 5.10 Å². The number of carbonyl (C=O) groups is 1. The van der Waals surface area contributed by atoms with E-state index in [1.54, 1.807) is 31.4 Å². The first-order valence-electron chi connectivity index (χ1n) is 14.5. The molecule has 1 amide bonds. The SMILES string of the molecule is COc1cc(OC)cc(C2=NN(c3cc(N4CCC(NC(C)=O)C4)ccc3C(F)(F)F)C(=C3CCC3)C3=C2CCC3)c1. The van der Waals surface area contributed by atoms with Crippen LogP contribution >= 0.6 is 0 Å². The number of hydrogen-bond acceptors (Lipinski definition) is 6. The molecule has 1 N–H and O–H groups in total. The lowest BCUT2D eigenvalue weighted by Gasteiger charge is -2.36. The van der Waals surface area contributed by atoms with E-state index < -0.39 is 11.7 Å². The Morgan fingerprint density at radius 1 is 0.976 bits per heavy atom. The van der Waals surface area contributed by atoms with E-state index in [0.717, 1.165) is 72.9 Å². The Hall–Kier alpha value is -3.95. The van der Waals surface area contributed by atoms with Crippen LogP contribution in [0.1, 0.15) is 63.0 Å². The molecule has 6 rings (SSSR count). The van der Waals surface area contributed by atoms with Gasteiger partial charge < -0.3 is 19.7 Å². The number of allylic oxidation sites excluding steroid dienone is 3. The van der Waals surface area contributed by atoms with Gasteiger partial charge in [-0.2, -0.15) is 18.3 Å². The second-order valence-electron chi connectivity index (χ2n) is 11.3. The summed E-state index contributed by atoms with van der Waals surface area (Å²) in [6, 6.07) is 9.75. The summed E-state index contributed by atoms with van der Waals surface area (Å²) < 4.78 is 54.9. The molecule has 222 valence electrons. The normalized spacial score (nSPS) is 20.4. The molecular weight excluding hydrogens is 545 g/mol. The number of rotatable bonds is 6. The van der Waals surface area contributed by atoms with Crippen LogP contribution in [0.2, 0.25) is 0 Å². The van der Waals surface area contributed by atoms with Crippen molar-refractivity contribution in [1.29, 1.82) is 0 Å². The van der Waals surface area contributed by atoms with E-state index >= 15 is 0 Å². The second kappa shape index (κ2) is 11.0. The number of hydrazone groups is 1. The van der Waals surface area contributed by atoms with E-state index in [2.05, 4.69) is 5.32 Å². The van der Waals surface area contributed by atoms with Crippen LogP contribution in [-0.2, 0) is 11.0 Å². The van der Waals surface area contributed by atoms with Crippen molar-refractivity contribution >= 4 is 23.0 Å². The molecule has 2 aliphatic carbocycles. The molecule has 0 radical (unpaired) electrons. The van der Waals surface area contributed by atoms with Crippen molar-refractivity contribution < 1.29 is 27.4 Å². The van der Waals surface area contributed by atoms with Gasteiger partial charge in [0.15, 0.2) is 0 Å². The maximum Gasteiger partial charge on any atom is 0.418 e. The molecule has 42 heavy (non-hydrogen) atoms. The molecule has 2 aromatic carbocycles. The van der Waals surface area contributed by atoms with E-state index in [1.807, 2.05) is 17.0 Å². The second-order valence-corrected chi connectivity index (χ2v) is 11.3. The molecule has 2 aliphatic heterocycles. The summed E-state index contributed by atoms with van der Waals surface area (Å²) in [5.41, 5.74) is 5.50. The van der Waals surface area contributed by atoms with Gasteiger partial charge in [0.2, 0.25) is 5.91 Å². The number of methoxy groups -OCH3 is 2. The number of ether oxygens (including phenoxy) is 2. The van der Waals surface area contributed by atoms with E-state index in [1.165, 1.54) is 19.1 Å². The summed E-state index contributed by atoms with van der Waals surface area (Å²) in [6.45, 7) is 2.65. The first-order chi connectivity index (χ1) is 20.2. The highest BCUT2D eigenvalue weighted by molar-refractivity contribution is 6.15. The fourth-order valence-electron chi connectivity index (χ4n) is 6.44. The van der Waals surface area contributed by atoms with Crippen LogP contribution in [0.15, 0.2) is 63.9 Å². The van der Waals surface area contributed by atoms with Gasteiger partial charge in [-0.05, 0) is 92.0 Å². The van der Waals surface area contributed by atoms with Gasteiger partial charge in [0.05, 0.1) is 36.9 Å². The Labute approximate surface area is 243 Å². The Balaban J connectivity index is 1.51. The van der Waals surface area contributed by atoms with Crippen LogP contribution in [0.25, 0.3) is 0 Å². The van der Waals surface area contributed by atoms with Crippen LogP contribution in [0.5, 0.6) is 11.5 Å². The standard InChI is InChI=1S/C32H35F3N4O3/c1-19(40)36-22-12-13-38(18-22)23-10-11-28(32(33,34)35)29(16-23)39-31(20-6-4-7-20)27-9-5-8-26(27)30(37-39)21-14-24(41-2)17-25(15-21)42-3/h10-11,14-17,22H,4-9,12-13,18H2,1-3H3,(H,36,40). The Kier molecular flexibility index (Phi) is 7.41. The largest absolute Gasteiger partial charge is 0.497 e. The summed E-state index contributed by atoms with van der Waals surface area (Å²) in [7, 11) is 3.14. The van der Waals surface area contributed by atoms with Crippen LogP contribution < -0.4 is 24.7 Å². The van der Waals surface area contributed by atoms with Crippen molar-refractivity contribution in [1.82, 2.24) is 5.32 Å². The van der Waals surface area contributed by atoms with Gasteiger partial charge in [-0.25, -0.2) is 5.01 Å². The first-order valence-corrected chi connectivity index (χ1v) is 14.5. The summed E-state index contributed by atoms with van der Waals surface area (Å²) >= 11 is 0. The highest BCUT2D eigenvalue weighted by Gasteiger charge is 2.40. The summed E-state index contributed by atoms with van der Waals surface area (Å²) in [5, 5.41) is 9.54. The Bertz CT molecular complexity index is 1480. The monoisotopic (exact) mass is 580 g/mol. The lowest BCUT2D eigenvalue weighted by Crippen LogP contribution is -2.35. The zero-order valence-corrected chi connectivity index (χ0v) is 24.1. The molecule has 4 aliphatic rings. The zero-order valence-electron chi connectivity index (χ0n) is 24.1. The molecule has 7 nitrogen and oxygen atoms in total. The number of hydrogen-bond donors (Lipinski definition) is 1. The molecule has 10 heteroatoms. The number of amides is 1. The van der Waals surface area contributed by atoms with Crippen molar-refractivity contribution in [3.05, 3.63) is 69.9 Å². The van der Waals surface area contributed by atoms with E-state index in [4.69, 9.17) is 14.6 Å². The van der Waals surface area contributed by atoms with Crippen molar-refractivity contribution in [2.45, 2.75) is 64.1 Å². The molecular formula is C32H35F3N4O3. The minimum atomic E-state index is -4.58. The number of anilines is 2. The number of carbonyl (C=O) groups excluding carboxylic acids is 1. The lowest BCUT2D eigenvalue weighted by molar-refractivity contribution is -0.137. The average molecular weight is 581 g/mol. The van der Waals surface area contributed by atoms with Crippen LogP contribution in [0.4, 0.5) is 24.5 Å². The van der Waals surface area contributed by atoms with E-state index in [0.29, 0.717) is 36.0 Å². The number of halogens is 3. The van der Waals surface area contributed by atoms with Crippen molar-refractivity contribution in [3.63, 3.8) is 0 Å². The number of benzene rings is 2. The summed E-state index contributed by atoms with van der Waals surface area (Å²) in [6.07, 6.45) is 1.39. The molecule has 2 fully saturated rings. The predicted octanol–water partition coefficient (Wildman–Crippen LogP) is 6.58. The van der Waals surface area contributed by atoms with Crippen LogP contribution in [0, 0.1) is 0 Å². The lowest BCUT2D eigenvalue weighted by atomic mass is 9.85. The minimum absolute atomic E-state index is 0.0168. The Morgan fingerprint density at radius 3 is 2.29 bits per heavy atom. The van der Waals surface area contributed by atoms with E-state index in [9.17, 15) is 18.0 Å². The Morgan fingerprint density at radius 2 is 1.67 bits per heavy atom. The van der Waals surface area contributed by atoms with Gasteiger partial charge in [-0.15, -0.1) is 0 Å².